The number of fused-ring (bicyclic) bond motifs is 5. The van der Waals surface area contributed by atoms with E-state index in [0.29, 0.717) is 0 Å². The molecule has 140 valence electrons. The summed E-state index contributed by atoms with van der Waals surface area (Å²) in [5, 5.41) is 5.58. The Morgan fingerprint density at radius 3 is 2.50 bits per heavy atom. The van der Waals surface area contributed by atoms with Crippen molar-refractivity contribution in [3.05, 3.63) is 65.4 Å². The molecule has 0 aliphatic heterocycles. The lowest BCUT2D eigenvalue weighted by Gasteiger charge is -2.08. The Bertz CT molecular complexity index is 1360. The summed E-state index contributed by atoms with van der Waals surface area (Å²) in [5.41, 5.74) is 5.81. The van der Waals surface area contributed by atoms with Crippen molar-refractivity contribution in [3.8, 4) is 16.9 Å². The zero-order chi connectivity index (χ0) is 19.4. The minimum absolute atomic E-state index is 0.762. The Hall–Kier alpha value is -2.91. The van der Waals surface area contributed by atoms with Gasteiger partial charge in [0, 0.05) is 57.1 Å². The molecule has 0 spiro atoms. The fraction of sp³-hybridized carbons (Fsp3) is 0.167. The van der Waals surface area contributed by atoms with E-state index >= 15 is 0 Å². The number of hydrogen-bond donors (Lipinski definition) is 1. The van der Waals surface area contributed by atoms with E-state index in [1.54, 1.807) is 7.11 Å². The Morgan fingerprint density at radius 1 is 0.964 bits per heavy atom. The molecule has 0 radical (unpaired) electrons. The minimum atomic E-state index is 0.762. The van der Waals surface area contributed by atoms with Crippen molar-refractivity contribution in [1.82, 2.24) is 9.55 Å². The summed E-state index contributed by atoms with van der Waals surface area (Å²) in [6.45, 7) is 2.16. The van der Waals surface area contributed by atoms with E-state index in [4.69, 9.17) is 16.3 Å². The molecule has 0 amide bonds. The molecule has 0 unspecified atom stereocenters. The van der Waals surface area contributed by atoms with Crippen molar-refractivity contribution in [2.45, 2.75) is 13.3 Å². The fourth-order valence-corrected chi connectivity index (χ4v) is 4.59. The standard InChI is InChI=1S/C24H21ClN2O/c1-4-14-9-21-17(11-23(14)28-3)24-19-13-26-12-18(19)16(10-22(24)27(21)2)15-7-5-6-8-20(15)25/h5-13,26H,4H2,1-3H3. The average Bonchev–Trinajstić information content (AvgIpc) is 3.30. The van der Waals surface area contributed by atoms with Crippen LogP contribution in [0.1, 0.15) is 12.5 Å². The predicted molar refractivity (Wildman–Crippen MR) is 119 cm³/mol. The number of nitrogens with zero attached hydrogens (tertiary/aromatic N) is 1. The van der Waals surface area contributed by atoms with Gasteiger partial charge in [-0.05, 0) is 41.8 Å². The van der Waals surface area contributed by atoms with Gasteiger partial charge in [-0.25, -0.2) is 0 Å². The Morgan fingerprint density at radius 2 is 1.75 bits per heavy atom. The van der Waals surface area contributed by atoms with Gasteiger partial charge in [-0.2, -0.15) is 0 Å². The molecule has 0 bridgehead atoms. The highest BCUT2D eigenvalue weighted by Crippen LogP contribution is 2.42. The molecule has 3 nitrogen and oxygen atoms in total. The molecule has 0 aliphatic carbocycles. The largest absolute Gasteiger partial charge is 0.496 e. The number of ether oxygens (including phenoxy) is 1. The summed E-state index contributed by atoms with van der Waals surface area (Å²) in [6.07, 6.45) is 5.08. The number of aromatic amines is 1. The normalized spacial score (nSPS) is 11.7. The van der Waals surface area contributed by atoms with Crippen LogP contribution in [0.25, 0.3) is 43.7 Å². The first kappa shape index (κ1) is 17.2. The second kappa shape index (κ2) is 6.32. The highest BCUT2D eigenvalue weighted by molar-refractivity contribution is 6.34. The summed E-state index contributed by atoms with van der Waals surface area (Å²) in [4.78, 5) is 3.30. The van der Waals surface area contributed by atoms with Gasteiger partial charge in [-0.3, -0.25) is 0 Å². The highest BCUT2D eigenvalue weighted by atomic mass is 35.5. The first-order valence-electron chi connectivity index (χ1n) is 9.47. The van der Waals surface area contributed by atoms with Crippen LogP contribution in [0.4, 0.5) is 0 Å². The van der Waals surface area contributed by atoms with Gasteiger partial charge in [0.2, 0.25) is 0 Å². The molecule has 4 heteroatoms. The molecule has 2 heterocycles. The van der Waals surface area contributed by atoms with Gasteiger partial charge in [-0.15, -0.1) is 0 Å². The van der Waals surface area contributed by atoms with Crippen LogP contribution < -0.4 is 4.74 Å². The van der Waals surface area contributed by atoms with Crippen molar-refractivity contribution in [1.29, 1.82) is 0 Å². The van der Waals surface area contributed by atoms with E-state index in [1.165, 1.54) is 38.1 Å². The number of hydrogen-bond acceptors (Lipinski definition) is 1. The van der Waals surface area contributed by atoms with E-state index in [1.807, 2.05) is 18.2 Å². The quantitative estimate of drug-likeness (QED) is 0.366. The number of nitrogens with one attached hydrogen (secondary N) is 1. The maximum atomic E-state index is 6.54. The van der Waals surface area contributed by atoms with Crippen molar-refractivity contribution in [2.75, 3.05) is 7.11 Å². The van der Waals surface area contributed by atoms with Gasteiger partial charge in [0.05, 0.1) is 12.6 Å². The van der Waals surface area contributed by atoms with Crippen molar-refractivity contribution in [2.24, 2.45) is 7.05 Å². The summed E-state index contributed by atoms with van der Waals surface area (Å²) in [5.74, 6) is 0.946. The van der Waals surface area contributed by atoms with Gasteiger partial charge in [0.1, 0.15) is 5.75 Å². The molecular formula is C24H21ClN2O. The third-order valence-electron chi connectivity index (χ3n) is 5.78. The van der Waals surface area contributed by atoms with Crippen LogP contribution in [-0.4, -0.2) is 16.7 Å². The molecule has 0 fully saturated rings. The topological polar surface area (TPSA) is 29.9 Å². The lowest BCUT2D eigenvalue weighted by molar-refractivity contribution is 0.411. The second-order valence-corrected chi connectivity index (χ2v) is 7.58. The smallest absolute Gasteiger partial charge is 0.122 e. The number of aromatic nitrogens is 2. The third kappa shape index (κ3) is 2.29. The van der Waals surface area contributed by atoms with Crippen LogP contribution in [0, 0.1) is 0 Å². The maximum Gasteiger partial charge on any atom is 0.122 e. The van der Waals surface area contributed by atoms with Crippen LogP contribution in [-0.2, 0) is 13.5 Å². The molecule has 5 aromatic rings. The zero-order valence-electron chi connectivity index (χ0n) is 16.1. The molecular weight excluding hydrogens is 368 g/mol. The summed E-state index contributed by atoms with van der Waals surface area (Å²) in [7, 11) is 3.87. The van der Waals surface area contributed by atoms with Gasteiger partial charge in [-0.1, -0.05) is 36.7 Å². The summed E-state index contributed by atoms with van der Waals surface area (Å²) in [6, 6.07) is 14.7. The van der Waals surface area contributed by atoms with E-state index in [-0.39, 0.29) is 0 Å². The molecule has 0 aliphatic rings. The highest BCUT2D eigenvalue weighted by Gasteiger charge is 2.18. The monoisotopic (exact) mass is 388 g/mol. The van der Waals surface area contributed by atoms with Crippen LogP contribution >= 0.6 is 11.6 Å². The second-order valence-electron chi connectivity index (χ2n) is 7.17. The number of rotatable bonds is 3. The first-order chi connectivity index (χ1) is 13.6. The van der Waals surface area contributed by atoms with E-state index in [2.05, 4.69) is 60.2 Å². The van der Waals surface area contributed by atoms with Gasteiger partial charge in [0.25, 0.3) is 0 Å². The van der Waals surface area contributed by atoms with Crippen LogP contribution in [0.5, 0.6) is 5.75 Å². The van der Waals surface area contributed by atoms with Crippen LogP contribution in [0.2, 0.25) is 5.02 Å². The number of halogens is 1. The zero-order valence-corrected chi connectivity index (χ0v) is 16.9. The van der Waals surface area contributed by atoms with Gasteiger partial charge < -0.3 is 14.3 Å². The molecule has 0 saturated carbocycles. The lowest BCUT2D eigenvalue weighted by atomic mass is 9.97. The number of benzene rings is 3. The lowest BCUT2D eigenvalue weighted by Crippen LogP contribution is -1.92. The number of aryl methyl sites for hydroxylation is 2. The Labute approximate surface area is 168 Å². The minimum Gasteiger partial charge on any atom is -0.496 e. The van der Waals surface area contributed by atoms with Crippen LogP contribution in [0.3, 0.4) is 0 Å². The van der Waals surface area contributed by atoms with E-state index in [9.17, 15) is 0 Å². The van der Waals surface area contributed by atoms with Crippen molar-refractivity contribution < 1.29 is 4.74 Å². The van der Waals surface area contributed by atoms with E-state index in [0.717, 1.165) is 28.3 Å². The van der Waals surface area contributed by atoms with Crippen LogP contribution in [0.15, 0.2) is 54.9 Å². The molecule has 0 atom stereocenters. The van der Waals surface area contributed by atoms with Crippen molar-refractivity contribution in [3.63, 3.8) is 0 Å². The molecule has 1 N–H and O–H groups in total. The molecule has 28 heavy (non-hydrogen) atoms. The van der Waals surface area contributed by atoms with Gasteiger partial charge in [0.15, 0.2) is 0 Å². The SMILES string of the molecule is CCc1cc2c(cc1OC)c1c3c[nH]cc3c(-c3ccccc3Cl)cc1n2C. The first-order valence-corrected chi connectivity index (χ1v) is 9.85. The Balaban J connectivity index is 1.97. The molecule has 5 rings (SSSR count). The maximum absolute atomic E-state index is 6.54. The average molecular weight is 389 g/mol. The predicted octanol–water partition coefficient (Wildman–Crippen LogP) is 6.70. The third-order valence-corrected chi connectivity index (χ3v) is 6.11. The summed E-state index contributed by atoms with van der Waals surface area (Å²) >= 11 is 6.54. The fourth-order valence-electron chi connectivity index (χ4n) is 4.35. The number of H-pyrrole nitrogens is 1. The Kier molecular flexibility index (Phi) is 3.88. The van der Waals surface area contributed by atoms with Crippen molar-refractivity contribution >= 4 is 44.2 Å². The summed E-state index contributed by atoms with van der Waals surface area (Å²) < 4.78 is 7.94. The molecule has 2 aromatic heterocycles. The molecule has 3 aromatic carbocycles. The van der Waals surface area contributed by atoms with E-state index < -0.39 is 0 Å². The molecule has 0 saturated heterocycles. The van der Waals surface area contributed by atoms with Gasteiger partial charge >= 0.3 is 0 Å². The number of methoxy groups -OCH3 is 1.